The van der Waals surface area contributed by atoms with Gasteiger partial charge in [-0.2, -0.15) is 0 Å². The molecule has 3 heterocycles. The van der Waals surface area contributed by atoms with E-state index < -0.39 is 0 Å². The van der Waals surface area contributed by atoms with Crippen LogP contribution < -0.4 is 10.6 Å². The predicted octanol–water partition coefficient (Wildman–Crippen LogP) is 1.66. The number of imidazole rings is 1. The number of H-pyrrole nitrogens is 1. The number of aryl methyl sites for hydroxylation is 1. The lowest BCUT2D eigenvalue weighted by atomic mass is 10.2. The van der Waals surface area contributed by atoms with E-state index in [0.29, 0.717) is 11.3 Å². The van der Waals surface area contributed by atoms with Crippen molar-refractivity contribution in [3.05, 3.63) is 30.1 Å². The van der Waals surface area contributed by atoms with Crippen molar-refractivity contribution in [2.45, 2.75) is 6.92 Å². The number of piperazine rings is 1. The minimum atomic E-state index is 0.690. The molecule has 0 atom stereocenters. The highest BCUT2D eigenvalue weighted by Crippen LogP contribution is 2.29. The first-order valence-corrected chi connectivity index (χ1v) is 8.14. The average molecular weight is 323 g/mol. The van der Waals surface area contributed by atoms with Crippen molar-refractivity contribution in [1.29, 1.82) is 0 Å². The number of rotatable bonds is 2. The molecule has 24 heavy (non-hydrogen) atoms. The molecule has 124 valence electrons. The molecule has 0 unspecified atom stereocenters. The van der Waals surface area contributed by atoms with Gasteiger partial charge >= 0.3 is 0 Å². The first kappa shape index (κ1) is 14.9. The van der Waals surface area contributed by atoms with Crippen molar-refractivity contribution in [3.63, 3.8) is 0 Å². The van der Waals surface area contributed by atoms with Crippen LogP contribution in [-0.4, -0.2) is 58.1 Å². The van der Waals surface area contributed by atoms with Crippen molar-refractivity contribution in [2.75, 3.05) is 43.9 Å². The van der Waals surface area contributed by atoms with E-state index in [0.717, 1.165) is 54.7 Å². The molecule has 0 radical (unpaired) electrons. The van der Waals surface area contributed by atoms with Crippen LogP contribution in [0.25, 0.3) is 22.6 Å². The summed E-state index contributed by atoms with van der Waals surface area (Å²) < 4.78 is 0. The lowest BCUT2D eigenvalue weighted by molar-refractivity contribution is 0.312. The van der Waals surface area contributed by atoms with Crippen LogP contribution in [0.15, 0.2) is 24.3 Å². The minimum Gasteiger partial charge on any atom is -0.398 e. The summed E-state index contributed by atoms with van der Waals surface area (Å²) >= 11 is 0. The molecule has 3 N–H and O–H groups in total. The van der Waals surface area contributed by atoms with Gasteiger partial charge in [-0.15, -0.1) is 0 Å². The summed E-state index contributed by atoms with van der Waals surface area (Å²) in [5.41, 5.74) is 9.24. The van der Waals surface area contributed by atoms with Gasteiger partial charge in [-0.05, 0) is 26.1 Å². The predicted molar refractivity (Wildman–Crippen MR) is 96.0 cm³/mol. The van der Waals surface area contributed by atoms with E-state index in [4.69, 9.17) is 5.73 Å². The van der Waals surface area contributed by atoms with Crippen molar-refractivity contribution in [1.82, 2.24) is 24.8 Å². The lowest BCUT2D eigenvalue weighted by Crippen LogP contribution is -2.45. The molecule has 7 heteroatoms. The quantitative estimate of drug-likeness (QED) is 0.698. The van der Waals surface area contributed by atoms with Crippen molar-refractivity contribution in [2.24, 2.45) is 0 Å². The zero-order chi connectivity index (χ0) is 16.7. The summed E-state index contributed by atoms with van der Waals surface area (Å²) in [5, 5.41) is 0. The third-order valence-corrected chi connectivity index (χ3v) is 4.46. The number of nitrogens with one attached hydrogen (secondary N) is 1. The second-order valence-electron chi connectivity index (χ2n) is 6.26. The van der Waals surface area contributed by atoms with Crippen LogP contribution in [0.1, 0.15) is 5.82 Å². The van der Waals surface area contributed by atoms with Gasteiger partial charge in [0.05, 0.1) is 0 Å². The average Bonchev–Trinajstić information content (AvgIpc) is 2.99. The molecule has 1 aliphatic rings. The van der Waals surface area contributed by atoms with Crippen molar-refractivity contribution < 1.29 is 0 Å². The fraction of sp³-hybridized carbons (Fsp3) is 0.353. The molecule has 1 aromatic carbocycles. The van der Waals surface area contributed by atoms with Gasteiger partial charge in [0.15, 0.2) is 11.5 Å². The zero-order valence-electron chi connectivity index (χ0n) is 14.0. The molecular weight excluding hydrogens is 302 g/mol. The fourth-order valence-electron chi connectivity index (χ4n) is 3.08. The van der Waals surface area contributed by atoms with Gasteiger partial charge in [-0.25, -0.2) is 15.0 Å². The standard InChI is InChI=1S/C17H21N7/c1-11-19-16-14(17(20-11)24-9-7-23(2)8-10-24)21-15(22-16)12-5-3-4-6-13(12)18/h3-6H,7-10,18H2,1-2H3,(H,19,20,21,22). The van der Waals surface area contributed by atoms with Crippen molar-refractivity contribution >= 4 is 22.7 Å². The van der Waals surface area contributed by atoms with Crippen LogP contribution in [0.3, 0.4) is 0 Å². The smallest absolute Gasteiger partial charge is 0.183 e. The minimum absolute atomic E-state index is 0.690. The number of hydrogen-bond acceptors (Lipinski definition) is 6. The first-order chi connectivity index (χ1) is 11.6. The Morgan fingerprint density at radius 2 is 1.79 bits per heavy atom. The second-order valence-corrected chi connectivity index (χ2v) is 6.26. The Morgan fingerprint density at radius 1 is 1.04 bits per heavy atom. The number of hydrogen-bond donors (Lipinski definition) is 2. The summed E-state index contributed by atoms with van der Waals surface area (Å²) in [4.78, 5) is 21.8. The molecule has 0 bridgehead atoms. The summed E-state index contributed by atoms with van der Waals surface area (Å²) in [6.45, 7) is 5.85. The summed E-state index contributed by atoms with van der Waals surface area (Å²) in [6.07, 6.45) is 0. The molecule has 1 fully saturated rings. The monoisotopic (exact) mass is 323 g/mol. The normalized spacial score (nSPS) is 16.0. The maximum atomic E-state index is 6.09. The van der Waals surface area contributed by atoms with Crippen molar-refractivity contribution in [3.8, 4) is 11.4 Å². The molecule has 7 nitrogen and oxygen atoms in total. The number of aromatic nitrogens is 4. The van der Waals surface area contributed by atoms with Gasteiger partial charge in [0.2, 0.25) is 0 Å². The van der Waals surface area contributed by atoms with Crippen LogP contribution in [0.2, 0.25) is 0 Å². The highest BCUT2D eigenvalue weighted by atomic mass is 15.3. The topological polar surface area (TPSA) is 87.0 Å². The maximum Gasteiger partial charge on any atom is 0.183 e. The molecule has 3 aromatic rings. The second kappa shape index (κ2) is 5.76. The van der Waals surface area contributed by atoms with E-state index in [1.165, 1.54) is 0 Å². The Bertz CT molecular complexity index is 878. The molecule has 0 aliphatic carbocycles. The third kappa shape index (κ3) is 2.56. The largest absolute Gasteiger partial charge is 0.398 e. The number of aromatic amines is 1. The van der Waals surface area contributed by atoms with E-state index in [1.54, 1.807) is 0 Å². The van der Waals surface area contributed by atoms with Gasteiger partial charge < -0.3 is 20.5 Å². The molecule has 2 aromatic heterocycles. The number of benzene rings is 1. The van der Waals surface area contributed by atoms with E-state index in [2.05, 4.69) is 36.8 Å². The van der Waals surface area contributed by atoms with Crippen LogP contribution in [0.5, 0.6) is 0 Å². The maximum absolute atomic E-state index is 6.09. The first-order valence-electron chi connectivity index (χ1n) is 8.14. The zero-order valence-corrected chi connectivity index (χ0v) is 14.0. The van der Waals surface area contributed by atoms with Gasteiger partial charge in [-0.1, -0.05) is 12.1 Å². The number of fused-ring (bicyclic) bond motifs is 1. The van der Waals surface area contributed by atoms with Gasteiger partial charge in [0, 0.05) is 37.4 Å². The number of para-hydroxylation sites is 1. The van der Waals surface area contributed by atoms with Gasteiger partial charge in [-0.3, -0.25) is 0 Å². The number of nitrogen functional groups attached to an aromatic ring is 1. The van der Waals surface area contributed by atoms with Crippen LogP contribution in [-0.2, 0) is 0 Å². The van der Waals surface area contributed by atoms with E-state index in [9.17, 15) is 0 Å². The highest BCUT2D eigenvalue weighted by molar-refractivity contribution is 5.87. The summed E-state index contributed by atoms with van der Waals surface area (Å²) in [6, 6.07) is 7.71. The Kier molecular flexibility index (Phi) is 3.57. The molecule has 0 saturated carbocycles. The third-order valence-electron chi connectivity index (χ3n) is 4.46. The van der Waals surface area contributed by atoms with Crippen LogP contribution >= 0.6 is 0 Å². The number of likely N-dealkylation sites (N-methyl/N-ethyl adjacent to an activating group) is 1. The van der Waals surface area contributed by atoms with Crippen LogP contribution in [0.4, 0.5) is 11.5 Å². The van der Waals surface area contributed by atoms with Gasteiger partial charge in [0.25, 0.3) is 0 Å². The Balaban J connectivity index is 1.82. The molecular formula is C17H21N7. The lowest BCUT2D eigenvalue weighted by Gasteiger charge is -2.33. The summed E-state index contributed by atoms with van der Waals surface area (Å²) in [7, 11) is 2.14. The van der Waals surface area contributed by atoms with Crippen LogP contribution in [0, 0.1) is 6.92 Å². The Labute approximate surface area is 140 Å². The Morgan fingerprint density at radius 3 is 2.54 bits per heavy atom. The summed E-state index contributed by atoms with van der Waals surface area (Å²) in [5.74, 6) is 2.40. The fourth-order valence-corrected chi connectivity index (χ4v) is 3.08. The molecule has 0 amide bonds. The number of nitrogens with two attached hydrogens (primary N) is 1. The van der Waals surface area contributed by atoms with E-state index in [1.807, 2.05) is 31.2 Å². The highest BCUT2D eigenvalue weighted by Gasteiger charge is 2.21. The number of anilines is 2. The van der Waals surface area contributed by atoms with E-state index >= 15 is 0 Å². The molecule has 4 rings (SSSR count). The SMILES string of the molecule is Cc1nc(N2CCN(C)CC2)c2[nH]c(-c3ccccc3N)nc2n1. The molecule has 1 aliphatic heterocycles. The number of nitrogens with zero attached hydrogens (tertiary/aromatic N) is 5. The van der Waals surface area contributed by atoms with E-state index in [-0.39, 0.29) is 0 Å². The van der Waals surface area contributed by atoms with Gasteiger partial charge in [0.1, 0.15) is 17.2 Å². The molecule has 1 saturated heterocycles. The molecule has 0 spiro atoms. The Hall–Kier alpha value is -2.67.